The largest absolute Gasteiger partial charge is 0.305 e. The second-order valence-corrected chi connectivity index (χ2v) is 3.07. The lowest BCUT2D eigenvalue weighted by Crippen LogP contribution is -2.34. The van der Waals surface area contributed by atoms with E-state index in [1.807, 2.05) is 27.7 Å². The maximum atomic E-state index is 2.19. The van der Waals surface area contributed by atoms with E-state index in [1.54, 1.807) is 0 Å². The van der Waals surface area contributed by atoms with Gasteiger partial charge in [-0.15, -0.1) is 0 Å². The molecule has 0 bridgehead atoms. The summed E-state index contributed by atoms with van der Waals surface area (Å²) in [6, 6.07) is 0. The highest BCUT2D eigenvalue weighted by Crippen LogP contribution is 2.05. The summed E-state index contributed by atoms with van der Waals surface area (Å²) in [5, 5.41) is 0. The summed E-state index contributed by atoms with van der Waals surface area (Å²) >= 11 is 0. The summed E-state index contributed by atoms with van der Waals surface area (Å²) in [7, 11) is 4.17. The molecule has 0 aliphatic heterocycles. The highest BCUT2D eigenvalue weighted by Gasteiger charge is 2.10. The summed E-state index contributed by atoms with van der Waals surface area (Å²) in [6.45, 7) is 14.6. The molecule has 0 aromatic rings. The van der Waals surface area contributed by atoms with E-state index in [2.05, 4.69) is 39.8 Å². The Balaban J connectivity index is -0.000000138. The third kappa shape index (κ3) is 17.8. The van der Waals surface area contributed by atoms with Crippen molar-refractivity contribution in [2.45, 2.75) is 54.0 Å². The lowest BCUT2D eigenvalue weighted by atomic mass is 10.1. The quantitative estimate of drug-likeness (QED) is 0.526. The molecule has 0 radical (unpaired) electrons. The van der Waals surface area contributed by atoms with Crippen LogP contribution in [0.4, 0.5) is 0 Å². The molecule has 0 N–H and O–H groups in total. The molecule has 0 atom stereocenters. The number of hydrogen-bond acceptors (Lipinski definition) is 1. The number of nitrogens with zero attached hydrogens (tertiary/aromatic N) is 1. The molecule has 0 aromatic carbocycles. The van der Waals surface area contributed by atoms with Gasteiger partial charge in [0.25, 0.3) is 0 Å². The van der Waals surface area contributed by atoms with Crippen LogP contribution in [0.25, 0.3) is 0 Å². The standard InChI is InChI=1S/C6H15N.2C2H6/c1-6(2,3)7(4)5;2*1-2/h1-5H3;2*1-2H3. The van der Waals surface area contributed by atoms with Gasteiger partial charge < -0.3 is 4.90 Å². The molecule has 0 saturated heterocycles. The lowest BCUT2D eigenvalue weighted by Gasteiger charge is -2.27. The fourth-order valence-corrected chi connectivity index (χ4v) is 0. The van der Waals surface area contributed by atoms with Crippen molar-refractivity contribution in [2.75, 3.05) is 14.1 Å². The predicted octanol–water partition coefficient (Wildman–Crippen LogP) is 3.40. The van der Waals surface area contributed by atoms with Crippen molar-refractivity contribution in [1.29, 1.82) is 0 Å². The first-order valence-corrected chi connectivity index (χ1v) is 4.62. The molecule has 0 spiro atoms. The zero-order valence-electron chi connectivity index (χ0n) is 9.95. The molecule has 0 fully saturated rings. The molecule has 0 rings (SSSR count). The average Bonchev–Trinajstić information content (AvgIpc) is 1.95. The second kappa shape index (κ2) is 9.96. The molecule has 1 heteroatoms. The van der Waals surface area contributed by atoms with Gasteiger partial charge in [0.15, 0.2) is 0 Å². The monoisotopic (exact) mass is 161 g/mol. The first kappa shape index (κ1) is 17.2. The summed E-state index contributed by atoms with van der Waals surface area (Å²) in [5.74, 6) is 0. The fourth-order valence-electron chi connectivity index (χ4n) is 0. The molecule has 0 aromatic heterocycles. The van der Waals surface area contributed by atoms with Crippen LogP contribution in [0.2, 0.25) is 0 Å². The van der Waals surface area contributed by atoms with Crippen LogP contribution in [0, 0.1) is 0 Å². The SMILES string of the molecule is CC.CC.CN(C)C(C)(C)C. The topological polar surface area (TPSA) is 3.24 Å². The van der Waals surface area contributed by atoms with Crippen molar-refractivity contribution >= 4 is 0 Å². The highest BCUT2D eigenvalue weighted by molar-refractivity contribution is 4.67. The van der Waals surface area contributed by atoms with Crippen LogP contribution in [0.3, 0.4) is 0 Å². The van der Waals surface area contributed by atoms with Crippen molar-refractivity contribution in [3.8, 4) is 0 Å². The minimum atomic E-state index is 0.333. The van der Waals surface area contributed by atoms with Crippen molar-refractivity contribution in [3.05, 3.63) is 0 Å². The molecule has 0 heterocycles. The predicted molar refractivity (Wildman–Crippen MR) is 56.1 cm³/mol. The second-order valence-electron chi connectivity index (χ2n) is 3.07. The van der Waals surface area contributed by atoms with Gasteiger partial charge in [-0.25, -0.2) is 0 Å². The minimum absolute atomic E-state index is 0.333. The molecule has 0 aliphatic carbocycles. The molecular formula is C10H27N. The summed E-state index contributed by atoms with van der Waals surface area (Å²) in [4.78, 5) is 2.19. The van der Waals surface area contributed by atoms with Gasteiger partial charge in [-0.1, -0.05) is 27.7 Å². The van der Waals surface area contributed by atoms with Crippen molar-refractivity contribution in [2.24, 2.45) is 0 Å². The maximum Gasteiger partial charge on any atom is 0.0118 e. The number of rotatable bonds is 0. The molecule has 0 aliphatic rings. The van der Waals surface area contributed by atoms with E-state index < -0.39 is 0 Å². The van der Waals surface area contributed by atoms with Gasteiger partial charge in [-0.2, -0.15) is 0 Å². The van der Waals surface area contributed by atoms with Crippen molar-refractivity contribution in [1.82, 2.24) is 4.90 Å². The Morgan fingerprint density at radius 2 is 0.818 bits per heavy atom. The van der Waals surface area contributed by atoms with E-state index in [9.17, 15) is 0 Å². The normalized spacial score (nSPS) is 9.27. The van der Waals surface area contributed by atoms with Gasteiger partial charge >= 0.3 is 0 Å². The van der Waals surface area contributed by atoms with Crippen LogP contribution in [-0.2, 0) is 0 Å². The summed E-state index contributed by atoms with van der Waals surface area (Å²) in [5.41, 5.74) is 0.333. The van der Waals surface area contributed by atoms with E-state index in [0.717, 1.165) is 0 Å². The smallest absolute Gasteiger partial charge is 0.0118 e. The molecule has 0 saturated carbocycles. The van der Waals surface area contributed by atoms with Crippen LogP contribution >= 0.6 is 0 Å². The average molecular weight is 161 g/mol. The van der Waals surface area contributed by atoms with Crippen molar-refractivity contribution in [3.63, 3.8) is 0 Å². The molecular weight excluding hydrogens is 134 g/mol. The highest BCUT2D eigenvalue weighted by atomic mass is 15.1. The summed E-state index contributed by atoms with van der Waals surface area (Å²) in [6.07, 6.45) is 0. The number of hydrogen-bond donors (Lipinski definition) is 0. The Labute approximate surface area is 73.8 Å². The third-order valence-electron chi connectivity index (χ3n) is 1.34. The fraction of sp³-hybridized carbons (Fsp3) is 1.00. The summed E-state index contributed by atoms with van der Waals surface area (Å²) < 4.78 is 0. The lowest BCUT2D eigenvalue weighted by molar-refractivity contribution is 0.219. The Morgan fingerprint density at radius 3 is 0.818 bits per heavy atom. The Bertz CT molecular complexity index is 50.4. The van der Waals surface area contributed by atoms with Crippen LogP contribution in [0.1, 0.15) is 48.5 Å². The van der Waals surface area contributed by atoms with Gasteiger partial charge in [0.2, 0.25) is 0 Å². The molecule has 0 unspecified atom stereocenters. The molecule has 1 nitrogen and oxygen atoms in total. The van der Waals surface area contributed by atoms with E-state index in [1.165, 1.54) is 0 Å². The van der Waals surface area contributed by atoms with Gasteiger partial charge in [-0.3, -0.25) is 0 Å². The van der Waals surface area contributed by atoms with E-state index >= 15 is 0 Å². The molecule has 72 valence electrons. The molecule has 0 amide bonds. The first-order valence-electron chi connectivity index (χ1n) is 4.62. The Hall–Kier alpha value is -0.0400. The van der Waals surface area contributed by atoms with Crippen LogP contribution in [0.15, 0.2) is 0 Å². The Morgan fingerprint density at radius 1 is 0.727 bits per heavy atom. The van der Waals surface area contributed by atoms with Crippen molar-refractivity contribution < 1.29 is 0 Å². The zero-order chi connectivity index (χ0) is 10.1. The van der Waals surface area contributed by atoms with E-state index in [-0.39, 0.29) is 0 Å². The zero-order valence-corrected chi connectivity index (χ0v) is 9.95. The Kier molecular flexibility index (Phi) is 15.5. The van der Waals surface area contributed by atoms with Gasteiger partial charge in [-0.05, 0) is 34.9 Å². The first-order chi connectivity index (χ1) is 4.94. The third-order valence-corrected chi connectivity index (χ3v) is 1.34. The maximum absolute atomic E-state index is 2.19. The van der Waals surface area contributed by atoms with Crippen LogP contribution in [0.5, 0.6) is 0 Å². The van der Waals surface area contributed by atoms with Crippen LogP contribution < -0.4 is 0 Å². The molecule has 11 heavy (non-hydrogen) atoms. The van der Waals surface area contributed by atoms with E-state index in [0.29, 0.717) is 5.54 Å². The van der Waals surface area contributed by atoms with Gasteiger partial charge in [0, 0.05) is 5.54 Å². The van der Waals surface area contributed by atoms with Crippen LogP contribution in [-0.4, -0.2) is 24.5 Å². The van der Waals surface area contributed by atoms with E-state index in [4.69, 9.17) is 0 Å². The van der Waals surface area contributed by atoms with Gasteiger partial charge in [0.1, 0.15) is 0 Å². The van der Waals surface area contributed by atoms with Gasteiger partial charge in [0.05, 0.1) is 0 Å². The minimum Gasteiger partial charge on any atom is -0.305 e.